The highest BCUT2D eigenvalue weighted by atomic mass is 79.9. The Balaban J connectivity index is 3.63. The summed E-state index contributed by atoms with van der Waals surface area (Å²) in [6.07, 6.45) is 0. The van der Waals surface area contributed by atoms with E-state index >= 15 is 0 Å². The van der Waals surface area contributed by atoms with E-state index in [9.17, 15) is 9.59 Å². The van der Waals surface area contributed by atoms with E-state index in [4.69, 9.17) is 9.47 Å². The minimum absolute atomic E-state index is 0.0856. The summed E-state index contributed by atoms with van der Waals surface area (Å²) >= 11 is 3.39. The lowest BCUT2D eigenvalue weighted by atomic mass is 10.2. The number of rotatable bonds is 5. The smallest absolute Gasteiger partial charge is 0.361 e. The van der Waals surface area contributed by atoms with E-state index in [0.717, 1.165) is 0 Å². The normalized spacial score (nSPS) is 12.3. The fourth-order valence-electron chi connectivity index (χ4n) is 1.84. The molecule has 0 radical (unpaired) electrons. The summed E-state index contributed by atoms with van der Waals surface area (Å²) < 4.78 is 11.5. The molecule has 6 nitrogen and oxygen atoms in total. The number of hydrogen-bond acceptors (Lipinski definition) is 5. The third-order valence-corrected chi connectivity index (χ3v) is 3.06. The van der Waals surface area contributed by atoms with Crippen LogP contribution in [0.2, 0.25) is 0 Å². The zero-order chi connectivity index (χ0) is 15.4. The second-order valence-corrected chi connectivity index (χ2v) is 5.83. The van der Waals surface area contributed by atoms with E-state index in [1.54, 1.807) is 6.92 Å². The first-order chi connectivity index (χ1) is 9.34. The highest BCUT2D eigenvalue weighted by Gasteiger charge is 2.25. The van der Waals surface area contributed by atoms with Crippen molar-refractivity contribution in [2.24, 2.45) is 0 Å². The van der Waals surface area contributed by atoms with Crippen molar-refractivity contribution in [1.82, 2.24) is 9.55 Å². The molecule has 0 aliphatic rings. The SMILES string of the molecule is CCOC(=O)c1nc(C(C)Br)n(C(C)C)c(=O)c1OC. The van der Waals surface area contributed by atoms with Crippen LogP contribution in [0.3, 0.4) is 0 Å². The van der Waals surface area contributed by atoms with Crippen molar-refractivity contribution in [3.8, 4) is 5.75 Å². The molecule has 0 amide bonds. The molecule has 1 atom stereocenters. The van der Waals surface area contributed by atoms with Crippen LogP contribution in [0, 0.1) is 0 Å². The Morgan fingerprint density at radius 3 is 2.40 bits per heavy atom. The summed E-state index contributed by atoms with van der Waals surface area (Å²) in [5.74, 6) is -0.283. The standard InChI is InChI=1S/C13H19BrN2O4/c1-6-20-13(18)9-10(19-5)12(17)16(7(2)3)11(15-9)8(4)14/h7-8H,6H2,1-5H3. The first-order valence-corrected chi connectivity index (χ1v) is 7.28. The Labute approximate surface area is 126 Å². The molecular formula is C13H19BrN2O4. The monoisotopic (exact) mass is 346 g/mol. The van der Waals surface area contributed by atoms with Gasteiger partial charge < -0.3 is 9.47 Å². The fourth-order valence-corrected chi connectivity index (χ4v) is 2.16. The summed E-state index contributed by atoms with van der Waals surface area (Å²) in [4.78, 5) is 28.4. The van der Waals surface area contributed by atoms with Gasteiger partial charge in [-0.1, -0.05) is 15.9 Å². The Morgan fingerprint density at radius 2 is 2.00 bits per heavy atom. The summed E-state index contributed by atoms with van der Waals surface area (Å²) in [5, 5.41) is 0. The molecule has 1 aromatic heterocycles. The topological polar surface area (TPSA) is 70.4 Å². The van der Waals surface area contributed by atoms with Crippen molar-refractivity contribution < 1.29 is 14.3 Å². The molecule has 0 spiro atoms. The summed E-state index contributed by atoms with van der Waals surface area (Å²) in [6.45, 7) is 7.46. The van der Waals surface area contributed by atoms with Gasteiger partial charge in [0.2, 0.25) is 5.75 Å². The minimum Gasteiger partial charge on any atom is -0.489 e. The van der Waals surface area contributed by atoms with Crippen molar-refractivity contribution in [1.29, 1.82) is 0 Å². The third-order valence-electron chi connectivity index (χ3n) is 2.65. The van der Waals surface area contributed by atoms with Crippen molar-refractivity contribution in [2.75, 3.05) is 13.7 Å². The van der Waals surface area contributed by atoms with Crippen molar-refractivity contribution >= 4 is 21.9 Å². The lowest BCUT2D eigenvalue weighted by molar-refractivity contribution is 0.0513. The second kappa shape index (κ2) is 6.88. The predicted molar refractivity (Wildman–Crippen MR) is 78.7 cm³/mol. The maximum atomic E-state index is 12.5. The van der Waals surface area contributed by atoms with E-state index in [-0.39, 0.29) is 34.5 Å². The van der Waals surface area contributed by atoms with Gasteiger partial charge in [-0.25, -0.2) is 9.78 Å². The fraction of sp³-hybridized carbons (Fsp3) is 0.615. The van der Waals surface area contributed by atoms with Gasteiger partial charge in [-0.3, -0.25) is 9.36 Å². The Morgan fingerprint density at radius 1 is 1.40 bits per heavy atom. The quantitative estimate of drug-likeness (QED) is 0.605. The average Bonchev–Trinajstić information content (AvgIpc) is 2.36. The zero-order valence-corrected chi connectivity index (χ0v) is 13.9. The lowest BCUT2D eigenvalue weighted by Crippen LogP contribution is -2.31. The van der Waals surface area contributed by atoms with Crippen molar-refractivity contribution in [3.63, 3.8) is 0 Å². The number of alkyl halides is 1. The van der Waals surface area contributed by atoms with Gasteiger partial charge in [-0.15, -0.1) is 0 Å². The van der Waals surface area contributed by atoms with Gasteiger partial charge in [0.15, 0.2) is 5.69 Å². The molecule has 1 rings (SSSR count). The molecule has 1 heterocycles. The molecular weight excluding hydrogens is 328 g/mol. The Kier molecular flexibility index (Phi) is 5.74. The molecule has 112 valence electrons. The highest BCUT2D eigenvalue weighted by Crippen LogP contribution is 2.24. The van der Waals surface area contributed by atoms with Crippen LogP contribution in [0.4, 0.5) is 0 Å². The van der Waals surface area contributed by atoms with Crippen molar-refractivity contribution in [2.45, 2.75) is 38.6 Å². The molecule has 0 aliphatic heterocycles. The van der Waals surface area contributed by atoms with Crippen LogP contribution in [0.25, 0.3) is 0 Å². The van der Waals surface area contributed by atoms with Gasteiger partial charge in [0, 0.05) is 6.04 Å². The first kappa shape index (κ1) is 16.7. The van der Waals surface area contributed by atoms with Crippen LogP contribution in [-0.2, 0) is 4.74 Å². The summed E-state index contributed by atoms with van der Waals surface area (Å²) in [7, 11) is 1.34. The molecule has 0 saturated carbocycles. The molecule has 0 fully saturated rings. The molecule has 0 N–H and O–H groups in total. The summed E-state index contributed by atoms with van der Waals surface area (Å²) in [5.41, 5.74) is -0.473. The largest absolute Gasteiger partial charge is 0.489 e. The van der Waals surface area contributed by atoms with E-state index < -0.39 is 5.97 Å². The maximum Gasteiger partial charge on any atom is 0.361 e. The van der Waals surface area contributed by atoms with Crippen LogP contribution in [0.15, 0.2) is 4.79 Å². The molecule has 0 bridgehead atoms. The van der Waals surface area contributed by atoms with Crippen LogP contribution in [0.5, 0.6) is 5.75 Å². The Bertz CT molecular complexity index is 552. The van der Waals surface area contributed by atoms with E-state index in [1.807, 2.05) is 20.8 Å². The number of ether oxygens (including phenoxy) is 2. The van der Waals surface area contributed by atoms with E-state index in [0.29, 0.717) is 5.82 Å². The molecule has 0 aromatic carbocycles. The van der Waals surface area contributed by atoms with E-state index in [2.05, 4.69) is 20.9 Å². The second-order valence-electron chi connectivity index (χ2n) is 4.46. The molecule has 0 saturated heterocycles. The third kappa shape index (κ3) is 3.20. The number of hydrogen-bond donors (Lipinski definition) is 0. The zero-order valence-electron chi connectivity index (χ0n) is 12.3. The van der Waals surface area contributed by atoms with Gasteiger partial charge in [-0.2, -0.15) is 0 Å². The Hall–Kier alpha value is -1.37. The molecule has 1 aromatic rings. The van der Waals surface area contributed by atoms with Crippen LogP contribution < -0.4 is 10.3 Å². The van der Waals surface area contributed by atoms with Gasteiger partial charge in [0.1, 0.15) is 5.82 Å². The van der Waals surface area contributed by atoms with Crippen molar-refractivity contribution in [3.05, 3.63) is 21.9 Å². The maximum absolute atomic E-state index is 12.5. The number of halogens is 1. The number of esters is 1. The van der Waals surface area contributed by atoms with Gasteiger partial charge in [0.25, 0.3) is 5.56 Å². The first-order valence-electron chi connectivity index (χ1n) is 6.36. The number of methoxy groups -OCH3 is 1. The molecule has 0 aliphatic carbocycles. The van der Waals surface area contributed by atoms with Gasteiger partial charge >= 0.3 is 5.97 Å². The van der Waals surface area contributed by atoms with Crippen LogP contribution >= 0.6 is 15.9 Å². The molecule has 7 heteroatoms. The molecule has 20 heavy (non-hydrogen) atoms. The molecule has 1 unspecified atom stereocenters. The van der Waals surface area contributed by atoms with Gasteiger partial charge in [0.05, 0.1) is 18.5 Å². The average molecular weight is 347 g/mol. The van der Waals surface area contributed by atoms with Crippen LogP contribution in [0.1, 0.15) is 54.9 Å². The summed E-state index contributed by atoms with van der Waals surface area (Å²) in [6, 6.07) is -0.102. The highest BCUT2D eigenvalue weighted by molar-refractivity contribution is 9.09. The van der Waals surface area contributed by atoms with Crippen LogP contribution in [-0.4, -0.2) is 29.2 Å². The number of aromatic nitrogens is 2. The van der Waals surface area contributed by atoms with E-state index in [1.165, 1.54) is 11.7 Å². The predicted octanol–water partition coefficient (Wildman–Crippen LogP) is 2.47. The number of nitrogens with zero attached hydrogens (tertiary/aromatic N) is 2. The minimum atomic E-state index is -0.660. The number of carbonyl (C=O) groups is 1. The van der Waals surface area contributed by atoms with Gasteiger partial charge in [-0.05, 0) is 27.7 Å². The number of carbonyl (C=O) groups excluding carboxylic acids is 1. The lowest BCUT2D eigenvalue weighted by Gasteiger charge is -2.19.